The van der Waals surface area contributed by atoms with Crippen molar-refractivity contribution in [3.8, 4) is 6.07 Å². The topological polar surface area (TPSA) is 106 Å². The Hall–Kier alpha value is -2.01. The molecule has 0 N–H and O–H groups in total. The van der Waals surface area contributed by atoms with E-state index in [0.717, 1.165) is 6.20 Å². The molecule has 1 atom stereocenters. The first-order chi connectivity index (χ1) is 7.60. The molecule has 0 bridgehead atoms. The summed E-state index contributed by atoms with van der Waals surface area (Å²) < 4.78 is 4.65. The molecule has 8 heteroatoms. The molecule has 1 aromatic rings. The molecule has 1 unspecified atom stereocenters. The average Bonchev–Trinajstić information content (AvgIpc) is 2.68. The van der Waals surface area contributed by atoms with E-state index < -0.39 is 16.8 Å². The van der Waals surface area contributed by atoms with Crippen molar-refractivity contribution in [2.75, 3.05) is 6.61 Å². The third-order valence-electron chi connectivity index (χ3n) is 1.59. The molecule has 0 saturated carbocycles. The van der Waals surface area contributed by atoms with E-state index in [1.54, 1.807) is 13.0 Å². The summed E-state index contributed by atoms with van der Waals surface area (Å²) in [5.41, 5.74) is 0. The third kappa shape index (κ3) is 2.52. The number of rotatable bonds is 4. The molecule has 0 saturated heterocycles. The smallest absolute Gasteiger partial charge is 0.344 e. The van der Waals surface area contributed by atoms with E-state index in [2.05, 4.69) is 9.72 Å². The summed E-state index contributed by atoms with van der Waals surface area (Å²) >= 11 is 0.694. The number of carbonyl (C=O) groups excluding carboxylic acids is 1. The van der Waals surface area contributed by atoms with Crippen molar-refractivity contribution in [3.05, 3.63) is 21.3 Å². The number of nitrogens with zero attached hydrogens (tertiary/aromatic N) is 3. The molecule has 0 aliphatic heterocycles. The number of nitro groups is 1. The molecule has 16 heavy (non-hydrogen) atoms. The van der Waals surface area contributed by atoms with Crippen LogP contribution in [-0.2, 0) is 9.53 Å². The van der Waals surface area contributed by atoms with Crippen LogP contribution in [0.2, 0.25) is 0 Å². The standard InChI is InChI=1S/C8H7N3O4S/c1-2-15-8(12)5(3-9)7-10-4-6(16-7)11(13)14/h4-5H,2H2,1H3. The van der Waals surface area contributed by atoms with E-state index in [4.69, 9.17) is 5.26 Å². The number of carbonyl (C=O) groups is 1. The SMILES string of the molecule is CCOC(=O)C(C#N)c1ncc([N+](=O)[O-])s1. The number of hydrogen-bond acceptors (Lipinski definition) is 7. The van der Waals surface area contributed by atoms with E-state index >= 15 is 0 Å². The van der Waals surface area contributed by atoms with Crippen LogP contribution in [0.5, 0.6) is 0 Å². The van der Waals surface area contributed by atoms with Crippen LogP contribution < -0.4 is 0 Å². The van der Waals surface area contributed by atoms with E-state index in [9.17, 15) is 14.9 Å². The maximum absolute atomic E-state index is 11.3. The number of ether oxygens (including phenoxy) is 1. The Morgan fingerprint density at radius 1 is 1.88 bits per heavy atom. The Labute approximate surface area is 94.4 Å². The fourth-order valence-corrected chi connectivity index (χ4v) is 1.70. The van der Waals surface area contributed by atoms with Gasteiger partial charge in [0, 0.05) is 0 Å². The minimum atomic E-state index is -1.20. The highest BCUT2D eigenvalue weighted by Gasteiger charge is 2.27. The first-order valence-electron chi connectivity index (χ1n) is 4.26. The van der Waals surface area contributed by atoms with Gasteiger partial charge in [-0.15, -0.1) is 0 Å². The molecule has 0 spiro atoms. The number of hydrogen-bond donors (Lipinski definition) is 0. The second-order valence-corrected chi connectivity index (χ2v) is 3.65. The maximum atomic E-state index is 11.3. The Kier molecular flexibility index (Phi) is 3.90. The predicted octanol–water partition coefficient (Wildman–Crippen LogP) is 1.22. The highest BCUT2D eigenvalue weighted by Crippen LogP contribution is 2.27. The molecule has 0 aliphatic carbocycles. The highest BCUT2D eigenvalue weighted by molar-refractivity contribution is 7.15. The van der Waals surface area contributed by atoms with Gasteiger partial charge in [-0.05, 0) is 18.3 Å². The van der Waals surface area contributed by atoms with Gasteiger partial charge in [0.25, 0.3) is 0 Å². The van der Waals surface area contributed by atoms with Crippen molar-refractivity contribution >= 4 is 22.3 Å². The van der Waals surface area contributed by atoms with Crippen LogP contribution >= 0.6 is 11.3 Å². The van der Waals surface area contributed by atoms with E-state index in [1.807, 2.05) is 0 Å². The Balaban J connectivity index is 2.92. The summed E-state index contributed by atoms with van der Waals surface area (Å²) in [4.78, 5) is 24.7. The summed E-state index contributed by atoms with van der Waals surface area (Å²) in [6.45, 7) is 1.75. The van der Waals surface area contributed by atoms with Crippen molar-refractivity contribution < 1.29 is 14.5 Å². The van der Waals surface area contributed by atoms with Gasteiger partial charge in [-0.3, -0.25) is 14.9 Å². The van der Waals surface area contributed by atoms with Gasteiger partial charge in [-0.25, -0.2) is 4.98 Å². The zero-order valence-corrected chi connectivity index (χ0v) is 9.06. The van der Waals surface area contributed by atoms with Crippen LogP contribution in [0.15, 0.2) is 6.20 Å². The Morgan fingerprint density at radius 2 is 2.56 bits per heavy atom. The van der Waals surface area contributed by atoms with Gasteiger partial charge in [0.15, 0.2) is 5.92 Å². The molecule has 0 aliphatic rings. The van der Waals surface area contributed by atoms with E-state index in [-0.39, 0.29) is 16.6 Å². The van der Waals surface area contributed by atoms with Crippen LogP contribution in [-0.4, -0.2) is 22.5 Å². The minimum absolute atomic E-state index is 0.0765. The number of aromatic nitrogens is 1. The molecule has 0 radical (unpaired) electrons. The molecular formula is C8H7N3O4S. The largest absolute Gasteiger partial charge is 0.465 e. The first-order valence-corrected chi connectivity index (χ1v) is 5.08. The maximum Gasteiger partial charge on any atom is 0.344 e. The normalized spacial score (nSPS) is 11.5. The molecular weight excluding hydrogens is 234 g/mol. The Bertz CT molecular complexity index is 450. The van der Waals surface area contributed by atoms with Crippen molar-refractivity contribution in [1.82, 2.24) is 4.98 Å². The summed E-state index contributed by atoms with van der Waals surface area (Å²) in [5.74, 6) is -1.94. The summed E-state index contributed by atoms with van der Waals surface area (Å²) in [6.07, 6.45) is 1.02. The molecule has 0 amide bonds. The second kappa shape index (κ2) is 5.18. The lowest BCUT2D eigenvalue weighted by Crippen LogP contribution is -2.14. The second-order valence-electron chi connectivity index (χ2n) is 2.61. The summed E-state index contributed by atoms with van der Waals surface area (Å²) in [7, 11) is 0. The van der Waals surface area contributed by atoms with Gasteiger partial charge >= 0.3 is 11.0 Å². The molecule has 84 valence electrons. The van der Waals surface area contributed by atoms with Crippen LogP contribution in [0.4, 0.5) is 5.00 Å². The fourth-order valence-electron chi connectivity index (χ4n) is 0.931. The van der Waals surface area contributed by atoms with Gasteiger partial charge in [0.05, 0.1) is 17.6 Å². The highest BCUT2D eigenvalue weighted by atomic mass is 32.1. The lowest BCUT2D eigenvalue weighted by Gasteiger charge is -2.03. The zero-order chi connectivity index (χ0) is 12.1. The van der Waals surface area contributed by atoms with Crippen LogP contribution in [0, 0.1) is 21.4 Å². The van der Waals surface area contributed by atoms with Crippen molar-refractivity contribution in [2.45, 2.75) is 12.8 Å². The lowest BCUT2D eigenvalue weighted by atomic mass is 10.2. The lowest BCUT2D eigenvalue weighted by molar-refractivity contribution is -0.380. The first kappa shape index (κ1) is 12.1. The third-order valence-corrected chi connectivity index (χ3v) is 2.60. The van der Waals surface area contributed by atoms with Gasteiger partial charge < -0.3 is 4.74 Å². The minimum Gasteiger partial charge on any atom is -0.465 e. The molecule has 7 nitrogen and oxygen atoms in total. The quantitative estimate of drug-likeness (QED) is 0.445. The van der Waals surface area contributed by atoms with Crippen molar-refractivity contribution in [1.29, 1.82) is 5.26 Å². The van der Waals surface area contributed by atoms with E-state index in [1.165, 1.54) is 0 Å². The van der Waals surface area contributed by atoms with Gasteiger partial charge in [-0.1, -0.05) is 0 Å². The van der Waals surface area contributed by atoms with Gasteiger partial charge in [0.2, 0.25) is 0 Å². The number of nitriles is 1. The van der Waals surface area contributed by atoms with Crippen molar-refractivity contribution in [3.63, 3.8) is 0 Å². The monoisotopic (exact) mass is 241 g/mol. The molecule has 1 aromatic heterocycles. The van der Waals surface area contributed by atoms with Gasteiger partial charge in [0.1, 0.15) is 11.2 Å². The van der Waals surface area contributed by atoms with Gasteiger partial charge in [-0.2, -0.15) is 5.26 Å². The molecule has 1 rings (SSSR count). The van der Waals surface area contributed by atoms with Crippen molar-refractivity contribution in [2.24, 2.45) is 0 Å². The fraction of sp³-hybridized carbons (Fsp3) is 0.375. The van der Waals surface area contributed by atoms with Crippen LogP contribution in [0.25, 0.3) is 0 Å². The summed E-state index contributed by atoms with van der Waals surface area (Å²) in [5, 5.41) is 19.0. The van der Waals surface area contributed by atoms with Crippen LogP contribution in [0.3, 0.4) is 0 Å². The average molecular weight is 241 g/mol. The van der Waals surface area contributed by atoms with Crippen LogP contribution in [0.1, 0.15) is 17.8 Å². The molecule has 1 heterocycles. The van der Waals surface area contributed by atoms with E-state index in [0.29, 0.717) is 11.3 Å². The number of esters is 1. The summed E-state index contributed by atoms with van der Waals surface area (Å²) in [6, 6.07) is 1.71. The Morgan fingerprint density at radius 3 is 3.00 bits per heavy atom. The number of thiazole rings is 1. The zero-order valence-electron chi connectivity index (χ0n) is 8.24. The predicted molar refractivity (Wildman–Crippen MR) is 53.8 cm³/mol. The molecule has 0 fully saturated rings. The molecule has 0 aromatic carbocycles.